The number of rotatable bonds is 3. The van der Waals surface area contributed by atoms with Crippen LogP contribution >= 0.6 is 0 Å². The van der Waals surface area contributed by atoms with Crippen molar-refractivity contribution in [1.29, 1.82) is 5.26 Å². The van der Waals surface area contributed by atoms with Gasteiger partial charge in [-0.05, 0) is 36.8 Å². The van der Waals surface area contributed by atoms with Crippen LogP contribution in [0.15, 0.2) is 49.1 Å². The monoisotopic (exact) mass is 328 g/mol. The van der Waals surface area contributed by atoms with E-state index in [1.165, 1.54) is 0 Å². The van der Waals surface area contributed by atoms with Gasteiger partial charge in [0.2, 0.25) is 0 Å². The van der Waals surface area contributed by atoms with Gasteiger partial charge >= 0.3 is 0 Å². The van der Waals surface area contributed by atoms with Gasteiger partial charge in [-0.25, -0.2) is 0 Å². The SMILES string of the molecule is Cc1c(Nc2c(C#N)cncc2-c2ccnn2C)ccc2[nH]ccc12. The molecule has 0 aliphatic rings. The van der Waals surface area contributed by atoms with Crippen LogP contribution in [0.1, 0.15) is 11.1 Å². The number of nitriles is 1. The summed E-state index contributed by atoms with van der Waals surface area (Å²) >= 11 is 0. The van der Waals surface area contributed by atoms with Crippen molar-refractivity contribution >= 4 is 22.3 Å². The Kier molecular flexibility index (Phi) is 3.47. The Labute approximate surface area is 144 Å². The summed E-state index contributed by atoms with van der Waals surface area (Å²) in [6.45, 7) is 2.06. The molecule has 0 radical (unpaired) electrons. The maximum atomic E-state index is 9.54. The number of hydrogen-bond acceptors (Lipinski definition) is 4. The van der Waals surface area contributed by atoms with Crippen molar-refractivity contribution in [1.82, 2.24) is 19.7 Å². The summed E-state index contributed by atoms with van der Waals surface area (Å²) in [5.41, 5.74) is 6.13. The third-order valence-corrected chi connectivity index (χ3v) is 4.43. The molecule has 0 bridgehead atoms. The molecule has 0 saturated carbocycles. The van der Waals surface area contributed by atoms with E-state index in [9.17, 15) is 5.26 Å². The Hall–Kier alpha value is -3.59. The molecule has 3 aromatic heterocycles. The molecular weight excluding hydrogens is 312 g/mol. The zero-order chi connectivity index (χ0) is 17.4. The highest BCUT2D eigenvalue weighted by atomic mass is 15.3. The maximum absolute atomic E-state index is 9.54. The van der Waals surface area contributed by atoms with Crippen molar-refractivity contribution in [2.75, 3.05) is 5.32 Å². The Balaban J connectivity index is 1.88. The quantitative estimate of drug-likeness (QED) is 0.598. The molecule has 1 aromatic carbocycles. The second-order valence-electron chi connectivity index (χ2n) is 5.86. The first-order valence-corrected chi connectivity index (χ1v) is 7.89. The molecule has 0 amide bonds. The zero-order valence-corrected chi connectivity index (χ0v) is 13.9. The van der Waals surface area contributed by atoms with Crippen molar-refractivity contribution in [2.45, 2.75) is 6.92 Å². The molecule has 3 heterocycles. The van der Waals surface area contributed by atoms with Crippen LogP contribution in [0.25, 0.3) is 22.2 Å². The predicted molar refractivity (Wildman–Crippen MR) is 97.5 cm³/mol. The highest BCUT2D eigenvalue weighted by Crippen LogP contribution is 2.34. The number of aromatic amines is 1. The standard InChI is InChI=1S/C19H16N6/c1-12-14-5-7-22-17(14)4-3-16(12)24-19-13(9-20)10-21-11-15(19)18-6-8-23-25(18)2/h3-8,10-11,22H,1-2H3,(H,21,24). The molecule has 6 heteroatoms. The van der Waals surface area contributed by atoms with Gasteiger partial charge in [0.25, 0.3) is 0 Å². The van der Waals surface area contributed by atoms with Gasteiger partial charge < -0.3 is 10.3 Å². The van der Waals surface area contributed by atoms with E-state index in [0.29, 0.717) is 5.56 Å². The number of aryl methyl sites for hydroxylation is 2. The van der Waals surface area contributed by atoms with E-state index in [1.54, 1.807) is 23.3 Å². The van der Waals surface area contributed by atoms with E-state index in [2.05, 4.69) is 39.4 Å². The molecule has 0 aliphatic heterocycles. The fourth-order valence-electron chi connectivity index (χ4n) is 3.07. The second-order valence-corrected chi connectivity index (χ2v) is 5.86. The summed E-state index contributed by atoms with van der Waals surface area (Å²) < 4.78 is 1.77. The van der Waals surface area contributed by atoms with Gasteiger partial charge in [-0.2, -0.15) is 10.4 Å². The van der Waals surface area contributed by atoms with Gasteiger partial charge in [-0.1, -0.05) is 0 Å². The van der Waals surface area contributed by atoms with E-state index in [0.717, 1.165) is 39.1 Å². The number of aromatic nitrogens is 4. The first-order chi connectivity index (χ1) is 12.2. The largest absolute Gasteiger partial charge is 0.361 e. The minimum atomic E-state index is 0.493. The molecule has 0 aliphatic carbocycles. The number of anilines is 2. The number of pyridine rings is 1. The summed E-state index contributed by atoms with van der Waals surface area (Å²) in [6, 6.07) is 10.2. The summed E-state index contributed by atoms with van der Waals surface area (Å²) in [5.74, 6) is 0. The van der Waals surface area contributed by atoms with Crippen molar-refractivity contribution in [3.05, 3.63) is 60.2 Å². The number of nitrogens with zero attached hydrogens (tertiary/aromatic N) is 4. The molecule has 0 atom stereocenters. The predicted octanol–water partition coefficient (Wildman–Crippen LogP) is 3.89. The van der Waals surface area contributed by atoms with Gasteiger partial charge in [-0.3, -0.25) is 9.67 Å². The van der Waals surface area contributed by atoms with Gasteiger partial charge in [0.1, 0.15) is 6.07 Å². The lowest BCUT2D eigenvalue weighted by atomic mass is 10.1. The molecule has 0 unspecified atom stereocenters. The van der Waals surface area contributed by atoms with E-state index < -0.39 is 0 Å². The van der Waals surface area contributed by atoms with Crippen molar-refractivity contribution in [3.63, 3.8) is 0 Å². The lowest BCUT2D eigenvalue weighted by Gasteiger charge is -2.15. The van der Waals surface area contributed by atoms with Gasteiger partial charge in [-0.15, -0.1) is 0 Å². The van der Waals surface area contributed by atoms with Crippen LogP contribution in [0, 0.1) is 18.3 Å². The van der Waals surface area contributed by atoms with Crippen molar-refractivity contribution in [3.8, 4) is 17.3 Å². The average Bonchev–Trinajstić information content (AvgIpc) is 3.26. The van der Waals surface area contributed by atoms with Crippen LogP contribution in [0.2, 0.25) is 0 Å². The van der Waals surface area contributed by atoms with Crippen LogP contribution in [0.5, 0.6) is 0 Å². The van der Waals surface area contributed by atoms with Gasteiger partial charge in [0.15, 0.2) is 0 Å². The normalized spacial score (nSPS) is 10.8. The molecule has 0 spiro atoms. The Morgan fingerprint density at radius 3 is 2.84 bits per heavy atom. The van der Waals surface area contributed by atoms with Crippen molar-refractivity contribution in [2.24, 2.45) is 7.05 Å². The number of benzene rings is 1. The first kappa shape index (κ1) is 15.0. The summed E-state index contributed by atoms with van der Waals surface area (Å²) in [5, 5.41) is 18.4. The number of fused-ring (bicyclic) bond motifs is 1. The third-order valence-electron chi connectivity index (χ3n) is 4.43. The van der Waals surface area contributed by atoms with Crippen LogP contribution in [-0.4, -0.2) is 19.7 Å². The molecule has 25 heavy (non-hydrogen) atoms. The van der Waals surface area contributed by atoms with E-state index in [-0.39, 0.29) is 0 Å². The van der Waals surface area contributed by atoms with Crippen molar-refractivity contribution < 1.29 is 0 Å². The van der Waals surface area contributed by atoms with Gasteiger partial charge in [0.05, 0.1) is 16.9 Å². The summed E-state index contributed by atoms with van der Waals surface area (Å²) in [6.07, 6.45) is 6.99. The molecular formula is C19H16N6. The van der Waals surface area contributed by atoms with Crippen LogP contribution < -0.4 is 5.32 Å². The molecule has 122 valence electrons. The Morgan fingerprint density at radius 2 is 2.08 bits per heavy atom. The minimum Gasteiger partial charge on any atom is -0.361 e. The molecule has 0 fully saturated rings. The molecule has 0 saturated heterocycles. The molecule has 6 nitrogen and oxygen atoms in total. The average molecular weight is 328 g/mol. The fraction of sp³-hybridized carbons (Fsp3) is 0.105. The number of nitrogens with one attached hydrogen (secondary N) is 2. The highest BCUT2D eigenvalue weighted by Gasteiger charge is 2.15. The minimum absolute atomic E-state index is 0.493. The highest BCUT2D eigenvalue weighted by molar-refractivity contribution is 5.91. The first-order valence-electron chi connectivity index (χ1n) is 7.89. The fourth-order valence-corrected chi connectivity index (χ4v) is 3.07. The lowest BCUT2D eigenvalue weighted by molar-refractivity contribution is 0.775. The van der Waals surface area contributed by atoms with Crippen LogP contribution in [0.3, 0.4) is 0 Å². The van der Waals surface area contributed by atoms with E-state index >= 15 is 0 Å². The lowest BCUT2D eigenvalue weighted by Crippen LogP contribution is -2.02. The number of H-pyrrole nitrogens is 1. The third kappa shape index (κ3) is 2.42. The zero-order valence-electron chi connectivity index (χ0n) is 13.9. The van der Waals surface area contributed by atoms with E-state index in [4.69, 9.17) is 0 Å². The van der Waals surface area contributed by atoms with E-state index in [1.807, 2.05) is 31.4 Å². The molecule has 4 rings (SSSR count). The van der Waals surface area contributed by atoms with Crippen LogP contribution in [0.4, 0.5) is 11.4 Å². The van der Waals surface area contributed by atoms with Gasteiger partial charge in [0, 0.05) is 54.0 Å². The smallest absolute Gasteiger partial charge is 0.103 e. The topological polar surface area (TPSA) is 82.3 Å². The maximum Gasteiger partial charge on any atom is 0.103 e. The van der Waals surface area contributed by atoms with Crippen LogP contribution in [-0.2, 0) is 7.05 Å². The Bertz CT molecular complexity index is 1110. The molecule has 2 N–H and O–H groups in total. The number of hydrogen-bond donors (Lipinski definition) is 2. The summed E-state index contributed by atoms with van der Waals surface area (Å²) in [7, 11) is 1.87. The second kappa shape index (κ2) is 5.80. The molecule has 4 aromatic rings. The summed E-state index contributed by atoms with van der Waals surface area (Å²) in [4.78, 5) is 7.42. The Morgan fingerprint density at radius 1 is 1.20 bits per heavy atom.